The highest BCUT2D eigenvalue weighted by Crippen LogP contribution is 2.29. The summed E-state index contributed by atoms with van der Waals surface area (Å²) in [6.45, 7) is -0.318. The standard InChI is InChI=1S/C39H20FNO13/c40-23-7-9-24(10-8-23)41-32(42)20-3-1-19(2-4-20)18-50-35(45)30-17-25(51-33(43)21-5-12-26-28(15-21)38(48)53-36(26)46)11-14-31(30)52-34(44)22-6-13-27-29(16-22)39(49)54-37(27)47/h1-17H,18H2,(H,41,42). The first-order valence-electron chi connectivity index (χ1n) is 15.7. The number of esters is 7. The zero-order valence-electron chi connectivity index (χ0n) is 27.2. The van der Waals surface area contributed by atoms with Gasteiger partial charge in [-0.15, -0.1) is 0 Å². The van der Waals surface area contributed by atoms with Gasteiger partial charge in [-0.25, -0.2) is 38.0 Å². The Morgan fingerprint density at radius 3 is 1.69 bits per heavy atom. The van der Waals surface area contributed by atoms with E-state index in [2.05, 4.69) is 14.8 Å². The van der Waals surface area contributed by atoms with Crippen molar-refractivity contribution in [1.29, 1.82) is 0 Å². The largest absolute Gasteiger partial charge is 0.457 e. The van der Waals surface area contributed by atoms with Crippen molar-refractivity contribution in [3.05, 3.63) is 159 Å². The number of fused-ring (bicyclic) bond motifs is 2. The third kappa shape index (κ3) is 7.04. The summed E-state index contributed by atoms with van der Waals surface area (Å²) < 4.78 is 38.6. The van der Waals surface area contributed by atoms with Gasteiger partial charge in [0.1, 0.15) is 29.5 Å². The number of rotatable bonds is 9. The summed E-state index contributed by atoms with van der Waals surface area (Å²) in [5, 5.41) is 2.63. The molecule has 0 saturated heterocycles. The zero-order valence-corrected chi connectivity index (χ0v) is 27.2. The van der Waals surface area contributed by atoms with Crippen molar-refractivity contribution in [1.82, 2.24) is 0 Å². The maximum Gasteiger partial charge on any atom is 0.346 e. The molecule has 0 radical (unpaired) electrons. The number of hydrogen-bond acceptors (Lipinski definition) is 13. The van der Waals surface area contributed by atoms with Gasteiger partial charge < -0.3 is 29.0 Å². The zero-order chi connectivity index (χ0) is 38.1. The van der Waals surface area contributed by atoms with Crippen molar-refractivity contribution in [2.75, 3.05) is 5.32 Å². The number of carbonyl (C=O) groups is 8. The highest BCUT2D eigenvalue weighted by molar-refractivity contribution is 6.16. The molecule has 54 heavy (non-hydrogen) atoms. The number of carbonyl (C=O) groups excluding carboxylic acids is 8. The number of anilines is 1. The first kappa shape index (κ1) is 34.6. The van der Waals surface area contributed by atoms with Crippen LogP contribution in [-0.4, -0.2) is 47.7 Å². The Hall–Kier alpha value is -7.81. The van der Waals surface area contributed by atoms with Gasteiger partial charge in [0.2, 0.25) is 0 Å². The molecule has 0 saturated carbocycles. The number of halogens is 1. The average molecular weight is 730 g/mol. The van der Waals surface area contributed by atoms with E-state index in [4.69, 9.17) is 14.2 Å². The molecule has 1 amide bonds. The van der Waals surface area contributed by atoms with Crippen LogP contribution in [0.25, 0.3) is 0 Å². The monoisotopic (exact) mass is 729 g/mol. The molecule has 15 heteroatoms. The Morgan fingerprint density at radius 1 is 0.556 bits per heavy atom. The molecule has 1 N–H and O–H groups in total. The van der Waals surface area contributed by atoms with Crippen molar-refractivity contribution < 1.29 is 66.4 Å². The van der Waals surface area contributed by atoms with Crippen molar-refractivity contribution in [2.45, 2.75) is 6.61 Å². The Bertz CT molecular complexity index is 2470. The van der Waals surface area contributed by atoms with Crippen LogP contribution in [0.3, 0.4) is 0 Å². The lowest BCUT2D eigenvalue weighted by Gasteiger charge is -2.13. The van der Waals surface area contributed by atoms with Gasteiger partial charge in [0.15, 0.2) is 0 Å². The number of cyclic esters (lactones) is 4. The van der Waals surface area contributed by atoms with Crippen molar-refractivity contribution >= 4 is 53.4 Å². The van der Waals surface area contributed by atoms with Crippen LogP contribution in [0.5, 0.6) is 11.5 Å². The van der Waals surface area contributed by atoms with Crippen LogP contribution in [0, 0.1) is 5.82 Å². The Kier molecular flexibility index (Phi) is 9.02. The second kappa shape index (κ2) is 14.1. The van der Waals surface area contributed by atoms with Gasteiger partial charge in [0.05, 0.1) is 33.4 Å². The summed E-state index contributed by atoms with van der Waals surface area (Å²) in [4.78, 5) is 99.9. The average Bonchev–Trinajstić information content (AvgIpc) is 3.63. The van der Waals surface area contributed by atoms with E-state index in [1.165, 1.54) is 78.9 Å². The molecule has 5 aromatic rings. The summed E-state index contributed by atoms with van der Waals surface area (Å²) in [6.07, 6.45) is 0. The van der Waals surface area contributed by atoms with E-state index >= 15 is 0 Å². The molecular formula is C39H20FNO13. The molecule has 2 heterocycles. The summed E-state index contributed by atoms with van der Waals surface area (Å²) >= 11 is 0. The van der Waals surface area contributed by atoms with E-state index in [0.717, 1.165) is 24.3 Å². The molecule has 0 unspecified atom stereocenters. The number of hydrogen-bond donors (Lipinski definition) is 1. The highest BCUT2D eigenvalue weighted by atomic mass is 19.1. The normalized spacial score (nSPS) is 12.6. The van der Waals surface area contributed by atoms with Gasteiger partial charge >= 0.3 is 41.8 Å². The molecular weight excluding hydrogens is 709 g/mol. The van der Waals surface area contributed by atoms with Crippen molar-refractivity contribution in [2.24, 2.45) is 0 Å². The molecule has 0 atom stereocenters. The van der Waals surface area contributed by atoms with Crippen LogP contribution >= 0.6 is 0 Å². The van der Waals surface area contributed by atoms with Crippen LogP contribution in [0.4, 0.5) is 10.1 Å². The maximum atomic E-state index is 13.5. The first-order valence-corrected chi connectivity index (χ1v) is 15.7. The summed E-state index contributed by atoms with van der Waals surface area (Å²) in [6, 6.07) is 21.7. The maximum absolute atomic E-state index is 13.5. The minimum absolute atomic E-state index is 0.0254. The molecule has 0 bridgehead atoms. The third-order valence-corrected chi connectivity index (χ3v) is 8.03. The van der Waals surface area contributed by atoms with Crippen LogP contribution in [0.15, 0.2) is 103 Å². The van der Waals surface area contributed by atoms with Gasteiger partial charge in [-0.3, -0.25) is 4.79 Å². The topological polar surface area (TPSA) is 195 Å². The lowest BCUT2D eigenvalue weighted by atomic mass is 10.1. The second-order valence-electron chi connectivity index (χ2n) is 11.5. The molecule has 0 spiro atoms. The molecule has 2 aliphatic heterocycles. The lowest BCUT2D eigenvalue weighted by molar-refractivity contribution is 0.0425. The van der Waals surface area contributed by atoms with Crippen molar-refractivity contribution in [3.8, 4) is 11.5 Å². The predicted molar refractivity (Wildman–Crippen MR) is 179 cm³/mol. The van der Waals surface area contributed by atoms with Gasteiger partial charge in [-0.1, -0.05) is 12.1 Å². The van der Waals surface area contributed by atoms with Gasteiger partial charge in [0.25, 0.3) is 5.91 Å². The SMILES string of the molecule is O=C(Nc1ccc(F)cc1)c1ccc(COC(=O)c2cc(OC(=O)c3ccc4c(c3)C(=O)OC4=O)ccc2OC(=O)c2ccc3c(c2)C(=O)OC3=O)cc1. The molecule has 7 rings (SSSR count). The van der Waals surface area contributed by atoms with Crippen LogP contribution < -0.4 is 14.8 Å². The van der Waals surface area contributed by atoms with Crippen molar-refractivity contribution in [3.63, 3.8) is 0 Å². The first-order chi connectivity index (χ1) is 25.9. The van der Waals surface area contributed by atoms with E-state index in [-0.39, 0.29) is 62.6 Å². The fraction of sp³-hybridized carbons (Fsp3) is 0.0256. The van der Waals surface area contributed by atoms with E-state index < -0.39 is 53.5 Å². The third-order valence-electron chi connectivity index (χ3n) is 8.03. The molecule has 0 aromatic heterocycles. The fourth-order valence-corrected chi connectivity index (χ4v) is 5.29. The number of amides is 1. The fourth-order valence-electron chi connectivity index (χ4n) is 5.29. The number of ether oxygens (including phenoxy) is 5. The summed E-state index contributed by atoms with van der Waals surface area (Å²) in [7, 11) is 0. The van der Waals surface area contributed by atoms with Crippen LogP contribution in [0.2, 0.25) is 0 Å². The Balaban J connectivity index is 1.10. The van der Waals surface area contributed by atoms with E-state index in [9.17, 15) is 42.7 Å². The molecule has 14 nitrogen and oxygen atoms in total. The van der Waals surface area contributed by atoms with E-state index in [1.807, 2.05) is 0 Å². The predicted octanol–water partition coefficient (Wildman–Crippen LogP) is 5.49. The molecule has 5 aromatic carbocycles. The summed E-state index contributed by atoms with van der Waals surface area (Å²) in [5.41, 5.74) is 0.0870. The van der Waals surface area contributed by atoms with Crippen LogP contribution in [-0.2, 0) is 20.8 Å². The minimum atomic E-state index is -1.03. The minimum Gasteiger partial charge on any atom is -0.457 e. The molecule has 0 aliphatic carbocycles. The molecule has 266 valence electrons. The van der Waals surface area contributed by atoms with E-state index in [1.54, 1.807) is 0 Å². The summed E-state index contributed by atoms with van der Waals surface area (Å²) in [5.74, 6) is -8.13. The molecule has 0 fully saturated rings. The Labute approximate surface area is 302 Å². The second-order valence-corrected chi connectivity index (χ2v) is 11.5. The van der Waals surface area contributed by atoms with Gasteiger partial charge in [-0.05, 0) is 96.6 Å². The Morgan fingerprint density at radius 2 is 1.09 bits per heavy atom. The quantitative estimate of drug-likeness (QED) is 0.0866. The van der Waals surface area contributed by atoms with Gasteiger partial charge in [-0.2, -0.15) is 0 Å². The lowest BCUT2D eigenvalue weighted by Crippen LogP contribution is -2.15. The smallest absolute Gasteiger partial charge is 0.346 e. The number of nitrogens with one attached hydrogen (secondary N) is 1. The molecule has 2 aliphatic rings. The van der Waals surface area contributed by atoms with Gasteiger partial charge in [0, 0.05) is 11.3 Å². The van der Waals surface area contributed by atoms with Crippen LogP contribution in [0.1, 0.15) is 88.4 Å². The highest BCUT2D eigenvalue weighted by Gasteiger charge is 2.32. The number of benzene rings is 5. The van der Waals surface area contributed by atoms with E-state index in [0.29, 0.717) is 11.3 Å².